The summed E-state index contributed by atoms with van der Waals surface area (Å²) in [7, 11) is 0. The highest BCUT2D eigenvalue weighted by molar-refractivity contribution is 4.92. The minimum Gasteiger partial charge on any atom is -0.395 e. The molecule has 0 spiro atoms. The minimum absolute atomic E-state index is 0.155. The van der Waals surface area contributed by atoms with Crippen LogP contribution in [-0.2, 0) is 0 Å². The average Bonchev–Trinajstić information content (AvgIpc) is 2.35. The van der Waals surface area contributed by atoms with Crippen molar-refractivity contribution in [3.05, 3.63) is 0 Å². The quantitative estimate of drug-likeness (QED) is 0.597. The number of likely N-dealkylation sites (tertiary alicyclic amines) is 1. The van der Waals surface area contributed by atoms with Gasteiger partial charge >= 0.3 is 0 Å². The van der Waals surface area contributed by atoms with Gasteiger partial charge in [-0.05, 0) is 26.3 Å². The third-order valence-electron chi connectivity index (χ3n) is 2.72. The highest BCUT2D eigenvalue weighted by atomic mass is 16.3. The molecule has 11 heavy (non-hydrogen) atoms. The van der Waals surface area contributed by atoms with E-state index in [9.17, 15) is 0 Å². The molecule has 1 rings (SSSR count). The number of rotatable bonds is 3. The summed E-state index contributed by atoms with van der Waals surface area (Å²) in [6.45, 7) is 4.99. The molecule has 0 radical (unpaired) electrons. The first-order chi connectivity index (χ1) is 5.23. The van der Waals surface area contributed by atoms with Crippen molar-refractivity contribution in [2.45, 2.75) is 25.3 Å². The third kappa shape index (κ3) is 1.72. The second-order valence-corrected chi connectivity index (χ2v) is 3.52. The van der Waals surface area contributed by atoms with E-state index in [0.717, 1.165) is 13.1 Å². The van der Waals surface area contributed by atoms with Gasteiger partial charge in [0.2, 0.25) is 0 Å². The lowest BCUT2D eigenvalue weighted by Crippen LogP contribution is -2.48. The number of hydrogen-bond donors (Lipinski definition) is 2. The maximum Gasteiger partial charge on any atom is 0.0558 e. The highest BCUT2D eigenvalue weighted by Crippen LogP contribution is 2.26. The van der Waals surface area contributed by atoms with E-state index in [2.05, 4.69) is 11.8 Å². The van der Waals surface area contributed by atoms with Crippen LogP contribution in [0.4, 0.5) is 0 Å². The second kappa shape index (κ2) is 3.52. The van der Waals surface area contributed by atoms with Crippen LogP contribution in [0.5, 0.6) is 0 Å². The lowest BCUT2D eigenvalue weighted by atomic mass is 9.99. The van der Waals surface area contributed by atoms with Gasteiger partial charge in [0.15, 0.2) is 0 Å². The fraction of sp³-hybridized carbons (Fsp3) is 1.00. The fourth-order valence-electron chi connectivity index (χ4n) is 1.81. The van der Waals surface area contributed by atoms with Crippen molar-refractivity contribution in [2.24, 2.45) is 5.73 Å². The van der Waals surface area contributed by atoms with E-state index < -0.39 is 0 Å². The molecule has 1 heterocycles. The van der Waals surface area contributed by atoms with Crippen molar-refractivity contribution in [3.63, 3.8) is 0 Å². The lowest BCUT2D eigenvalue weighted by Gasteiger charge is -2.33. The lowest BCUT2D eigenvalue weighted by molar-refractivity contribution is 0.128. The van der Waals surface area contributed by atoms with E-state index in [1.54, 1.807) is 0 Å². The predicted molar refractivity (Wildman–Crippen MR) is 45.4 cm³/mol. The Kier molecular flexibility index (Phi) is 2.87. The Labute approximate surface area is 68.2 Å². The molecule has 0 aromatic carbocycles. The number of hydrogen-bond acceptors (Lipinski definition) is 3. The van der Waals surface area contributed by atoms with Gasteiger partial charge in [0.25, 0.3) is 0 Å². The first kappa shape index (κ1) is 8.97. The van der Waals surface area contributed by atoms with Crippen LogP contribution < -0.4 is 5.73 Å². The monoisotopic (exact) mass is 158 g/mol. The molecule has 3 heteroatoms. The Bertz CT molecular complexity index is 129. The van der Waals surface area contributed by atoms with Crippen molar-refractivity contribution in [1.82, 2.24) is 4.90 Å². The van der Waals surface area contributed by atoms with Gasteiger partial charge in [-0.3, -0.25) is 4.90 Å². The summed E-state index contributed by atoms with van der Waals surface area (Å²) in [5.74, 6) is 0. The van der Waals surface area contributed by atoms with E-state index in [1.807, 2.05) is 0 Å². The second-order valence-electron chi connectivity index (χ2n) is 3.52. The Morgan fingerprint density at radius 2 is 2.36 bits per heavy atom. The van der Waals surface area contributed by atoms with E-state index in [4.69, 9.17) is 10.8 Å². The van der Waals surface area contributed by atoms with Gasteiger partial charge in [0.1, 0.15) is 0 Å². The maximum atomic E-state index is 8.77. The summed E-state index contributed by atoms with van der Waals surface area (Å²) in [5.41, 5.74) is 5.82. The van der Waals surface area contributed by atoms with Crippen LogP contribution in [0.25, 0.3) is 0 Å². The molecule has 0 aromatic rings. The molecule has 0 bridgehead atoms. The van der Waals surface area contributed by atoms with E-state index in [0.29, 0.717) is 6.54 Å². The number of nitrogens with zero attached hydrogens (tertiary/aromatic N) is 1. The van der Waals surface area contributed by atoms with Gasteiger partial charge in [-0.2, -0.15) is 0 Å². The SMILES string of the molecule is CC1(CN)CCCN1CCO. The molecule has 1 atom stereocenters. The molecule has 1 saturated heterocycles. The Hall–Kier alpha value is -0.120. The number of aliphatic hydroxyl groups excluding tert-OH is 1. The zero-order valence-electron chi connectivity index (χ0n) is 7.21. The van der Waals surface area contributed by atoms with Crippen LogP contribution in [0.15, 0.2) is 0 Å². The Morgan fingerprint density at radius 3 is 2.91 bits per heavy atom. The van der Waals surface area contributed by atoms with Crippen LogP contribution in [0.1, 0.15) is 19.8 Å². The van der Waals surface area contributed by atoms with E-state index >= 15 is 0 Å². The first-order valence-electron chi connectivity index (χ1n) is 4.29. The van der Waals surface area contributed by atoms with Gasteiger partial charge in [0, 0.05) is 18.6 Å². The van der Waals surface area contributed by atoms with Gasteiger partial charge in [-0.15, -0.1) is 0 Å². The summed E-state index contributed by atoms with van der Waals surface area (Å²) >= 11 is 0. The molecule has 0 aliphatic carbocycles. The van der Waals surface area contributed by atoms with Crippen molar-refractivity contribution in [1.29, 1.82) is 0 Å². The summed E-state index contributed by atoms with van der Waals surface area (Å²) in [6.07, 6.45) is 2.39. The van der Waals surface area contributed by atoms with Crippen LogP contribution in [-0.4, -0.2) is 41.8 Å². The van der Waals surface area contributed by atoms with Gasteiger partial charge in [0.05, 0.1) is 6.61 Å². The molecule has 1 aliphatic heterocycles. The van der Waals surface area contributed by atoms with Crippen LogP contribution >= 0.6 is 0 Å². The molecule has 3 nitrogen and oxygen atoms in total. The standard InChI is InChI=1S/C8H18N2O/c1-8(7-9)3-2-4-10(8)5-6-11/h11H,2-7,9H2,1H3. The summed E-state index contributed by atoms with van der Waals surface area (Å²) in [6, 6.07) is 0. The Morgan fingerprint density at radius 1 is 1.64 bits per heavy atom. The van der Waals surface area contributed by atoms with E-state index in [1.165, 1.54) is 12.8 Å². The Balaban J connectivity index is 2.49. The molecule has 1 unspecified atom stereocenters. The maximum absolute atomic E-state index is 8.77. The van der Waals surface area contributed by atoms with Crippen molar-refractivity contribution < 1.29 is 5.11 Å². The smallest absolute Gasteiger partial charge is 0.0558 e. The van der Waals surface area contributed by atoms with Crippen molar-refractivity contribution in [2.75, 3.05) is 26.2 Å². The largest absolute Gasteiger partial charge is 0.395 e. The van der Waals surface area contributed by atoms with Crippen molar-refractivity contribution in [3.8, 4) is 0 Å². The molecule has 3 N–H and O–H groups in total. The van der Waals surface area contributed by atoms with Gasteiger partial charge in [-0.1, -0.05) is 0 Å². The normalized spacial score (nSPS) is 33.0. The molecule has 0 saturated carbocycles. The summed E-state index contributed by atoms with van der Waals surface area (Å²) in [4.78, 5) is 2.28. The van der Waals surface area contributed by atoms with Gasteiger partial charge in [-0.25, -0.2) is 0 Å². The van der Waals surface area contributed by atoms with Crippen LogP contribution in [0.2, 0.25) is 0 Å². The number of nitrogens with two attached hydrogens (primary N) is 1. The summed E-state index contributed by atoms with van der Waals surface area (Å²) in [5, 5.41) is 8.77. The van der Waals surface area contributed by atoms with E-state index in [-0.39, 0.29) is 12.1 Å². The molecule has 66 valence electrons. The number of β-amino-alcohol motifs (C(OH)–C–C–N with tert-alkyl or cyclic N) is 1. The minimum atomic E-state index is 0.155. The molecule has 0 amide bonds. The number of aliphatic hydroxyl groups is 1. The first-order valence-corrected chi connectivity index (χ1v) is 4.29. The predicted octanol–water partition coefficient (Wildman–Crippen LogP) is -0.208. The average molecular weight is 158 g/mol. The fourth-order valence-corrected chi connectivity index (χ4v) is 1.81. The topological polar surface area (TPSA) is 49.5 Å². The van der Waals surface area contributed by atoms with Crippen LogP contribution in [0, 0.1) is 0 Å². The zero-order valence-corrected chi connectivity index (χ0v) is 7.21. The molecular weight excluding hydrogens is 140 g/mol. The zero-order chi connectivity index (χ0) is 8.32. The molecular formula is C8H18N2O. The van der Waals surface area contributed by atoms with Crippen LogP contribution in [0.3, 0.4) is 0 Å². The summed E-state index contributed by atoms with van der Waals surface area (Å²) < 4.78 is 0. The molecule has 1 fully saturated rings. The molecule has 1 aliphatic rings. The van der Waals surface area contributed by atoms with Gasteiger partial charge < -0.3 is 10.8 Å². The third-order valence-corrected chi connectivity index (χ3v) is 2.72. The van der Waals surface area contributed by atoms with Crippen molar-refractivity contribution >= 4 is 0 Å². The molecule has 0 aromatic heterocycles. The highest BCUT2D eigenvalue weighted by Gasteiger charge is 2.34.